The molecule has 1 aromatic heterocycles. The topological polar surface area (TPSA) is 63.6 Å². The molecule has 0 fully saturated rings. The minimum Gasteiger partial charge on any atom is -0.488 e. The van der Waals surface area contributed by atoms with Crippen molar-refractivity contribution in [1.82, 2.24) is 10.4 Å². The second kappa shape index (κ2) is 9.16. The predicted octanol–water partition coefficient (Wildman–Crippen LogP) is 4.73. The summed E-state index contributed by atoms with van der Waals surface area (Å²) in [4.78, 5) is 16.0. The van der Waals surface area contributed by atoms with Crippen LogP contribution >= 0.6 is 23.2 Å². The number of aromatic nitrogens is 1. The van der Waals surface area contributed by atoms with Crippen molar-refractivity contribution in [3.8, 4) is 5.75 Å². The van der Waals surface area contributed by atoms with Crippen LogP contribution in [0.3, 0.4) is 0 Å². The number of carbonyl (C=O) groups excluding carboxylic acids is 1. The van der Waals surface area contributed by atoms with Crippen LogP contribution in [0.1, 0.15) is 21.5 Å². The zero-order chi connectivity index (χ0) is 19.1. The number of para-hydroxylation sites is 1. The van der Waals surface area contributed by atoms with Crippen LogP contribution in [0.4, 0.5) is 0 Å². The van der Waals surface area contributed by atoms with E-state index in [1.807, 2.05) is 48.5 Å². The number of halogens is 2. The normalized spacial score (nSPS) is 10.7. The summed E-state index contributed by atoms with van der Waals surface area (Å²) >= 11 is 12.0. The number of amides is 1. The lowest BCUT2D eigenvalue weighted by Crippen LogP contribution is -2.18. The van der Waals surface area contributed by atoms with Gasteiger partial charge in [0.15, 0.2) is 0 Å². The second-order valence-corrected chi connectivity index (χ2v) is 6.22. The minimum atomic E-state index is -0.446. The first-order valence-electron chi connectivity index (χ1n) is 8.04. The van der Waals surface area contributed by atoms with E-state index in [2.05, 4.69) is 15.5 Å². The van der Waals surface area contributed by atoms with Gasteiger partial charge in [-0.05, 0) is 30.3 Å². The van der Waals surface area contributed by atoms with Gasteiger partial charge in [0.25, 0.3) is 5.91 Å². The molecular formula is C20H15Cl2N3O2. The molecule has 0 atom stereocenters. The third kappa shape index (κ3) is 5.06. The predicted molar refractivity (Wildman–Crippen MR) is 107 cm³/mol. The summed E-state index contributed by atoms with van der Waals surface area (Å²) in [6.07, 6.45) is 3.01. The van der Waals surface area contributed by atoms with Crippen LogP contribution in [0.2, 0.25) is 10.2 Å². The summed E-state index contributed by atoms with van der Waals surface area (Å²) in [6, 6.07) is 18.0. The Kier molecular flexibility index (Phi) is 6.41. The lowest BCUT2D eigenvalue weighted by atomic mass is 10.2. The van der Waals surface area contributed by atoms with E-state index in [0.717, 1.165) is 5.56 Å². The molecule has 0 bridgehead atoms. The van der Waals surface area contributed by atoms with Gasteiger partial charge in [0, 0.05) is 22.3 Å². The third-order valence-corrected chi connectivity index (χ3v) is 4.30. The first-order chi connectivity index (χ1) is 13.1. The molecule has 2 aromatic carbocycles. The highest BCUT2D eigenvalue weighted by molar-refractivity contribution is 6.32. The van der Waals surface area contributed by atoms with Crippen molar-refractivity contribution in [3.63, 3.8) is 0 Å². The number of nitrogens with one attached hydrogen (secondary N) is 1. The van der Waals surface area contributed by atoms with Crippen molar-refractivity contribution in [2.45, 2.75) is 6.61 Å². The highest BCUT2D eigenvalue weighted by Crippen LogP contribution is 2.21. The number of rotatable bonds is 6. The number of pyridine rings is 1. The number of benzene rings is 2. The molecule has 0 aliphatic heterocycles. The van der Waals surface area contributed by atoms with Crippen LogP contribution in [0.5, 0.6) is 5.75 Å². The lowest BCUT2D eigenvalue weighted by molar-refractivity contribution is 0.0955. The average Bonchev–Trinajstić information content (AvgIpc) is 2.68. The fourth-order valence-corrected chi connectivity index (χ4v) is 2.66. The SMILES string of the molecule is O=C(NN=Cc1ccccc1OCc1ccccc1Cl)c1cccnc1Cl. The Hall–Kier alpha value is -2.89. The summed E-state index contributed by atoms with van der Waals surface area (Å²) in [5.74, 6) is 0.175. The first kappa shape index (κ1) is 18.9. The van der Waals surface area contributed by atoms with Gasteiger partial charge < -0.3 is 4.74 Å². The molecule has 0 spiro atoms. The molecule has 5 nitrogen and oxygen atoms in total. The maximum atomic E-state index is 12.1. The smallest absolute Gasteiger partial charge is 0.274 e. The lowest BCUT2D eigenvalue weighted by Gasteiger charge is -2.10. The molecule has 27 heavy (non-hydrogen) atoms. The van der Waals surface area contributed by atoms with Crippen molar-refractivity contribution in [2.24, 2.45) is 5.10 Å². The standard InChI is InChI=1S/C20H15Cl2N3O2/c21-17-9-3-1-7-15(17)13-27-18-10-4-2-6-14(18)12-24-25-20(26)16-8-5-11-23-19(16)22/h1-12H,13H2,(H,25,26). The molecule has 0 aliphatic rings. The zero-order valence-electron chi connectivity index (χ0n) is 14.1. The maximum Gasteiger partial charge on any atom is 0.274 e. The average molecular weight is 400 g/mol. The summed E-state index contributed by atoms with van der Waals surface area (Å²) < 4.78 is 5.85. The van der Waals surface area contributed by atoms with Gasteiger partial charge in [-0.1, -0.05) is 53.5 Å². The monoisotopic (exact) mass is 399 g/mol. The van der Waals surface area contributed by atoms with Gasteiger partial charge in [0.2, 0.25) is 0 Å². The highest BCUT2D eigenvalue weighted by Gasteiger charge is 2.09. The van der Waals surface area contributed by atoms with Gasteiger partial charge in [-0.25, -0.2) is 10.4 Å². The number of hydrazone groups is 1. The largest absolute Gasteiger partial charge is 0.488 e. The summed E-state index contributed by atoms with van der Waals surface area (Å²) in [5.41, 5.74) is 4.27. The molecule has 3 rings (SSSR count). The van der Waals surface area contributed by atoms with Crippen LogP contribution in [0, 0.1) is 0 Å². The molecule has 3 aromatic rings. The molecule has 0 saturated heterocycles. The molecule has 1 amide bonds. The molecular weight excluding hydrogens is 385 g/mol. The minimum absolute atomic E-state index is 0.119. The fourth-order valence-electron chi connectivity index (χ4n) is 2.27. The highest BCUT2D eigenvalue weighted by atomic mass is 35.5. The Labute approximate surface area is 166 Å². The fraction of sp³-hybridized carbons (Fsp3) is 0.0500. The van der Waals surface area contributed by atoms with Crippen LogP contribution in [-0.2, 0) is 6.61 Å². The van der Waals surface area contributed by atoms with E-state index in [1.54, 1.807) is 12.1 Å². The third-order valence-electron chi connectivity index (χ3n) is 3.63. The number of hydrogen-bond donors (Lipinski definition) is 1. The number of nitrogens with zero attached hydrogens (tertiary/aromatic N) is 2. The van der Waals surface area contributed by atoms with Crippen molar-refractivity contribution in [1.29, 1.82) is 0 Å². The van der Waals surface area contributed by atoms with Crippen molar-refractivity contribution >= 4 is 35.3 Å². The van der Waals surface area contributed by atoms with E-state index >= 15 is 0 Å². The molecule has 1 N–H and O–H groups in total. The molecule has 0 saturated carbocycles. The van der Waals surface area contributed by atoms with Gasteiger partial charge in [-0.3, -0.25) is 4.79 Å². The number of ether oxygens (including phenoxy) is 1. The van der Waals surface area contributed by atoms with E-state index in [0.29, 0.717) is 22.9 Å². The zero-order valence-corrected chi connectivity index (χ0v) is 15.6. The van der Waals surface area contributed by atoms with Gasteiger partial charge in [-0.15, -0.1) is 0 Å². The maximum absolute atomic E-state index is 12.1. The quantitative estimate of drug-likeness (QED) is 0.370. The molecule has 7 heteroatoms. The summed E-state index contributed by atoms with van der Waals surface area (Å²) in [5, 5.41) is 4.74. The van der Waals surface area contributed by atoms with Crippen LogP contribution in [0.15, 0.2) is 72.0 Å². The van der Waals surface area contributed by atoms with Gasteiger partial charge in [0.1, 0.15) is 17.5 Å². The summed E-state index contributed by atoms with van der Waals surface area (Å²) in [6.45, 7) is 0.322. The number of carbonyl (C=O) groups is 1. The molecule has 136 valence electrons. The van der Waals surface area contributed by atoms with Gasteiger partial charge in [0.05, 0.1) is 11.8 Å². The molecule has 0 radical (unpaired) electrons. The van der Waals surface area contributed by atoms with Crippen LogP contribution in [0.25, 0.3) is 0 Å². The molecule has 0 aliphatic carbocycles. The van der Waals surface area contributed by atoms with Crippen LogP contribution < -0.4 is 10.2 Å². The van der Waals surface area contributed by atoms with E-state index in [4.69, 9.17) is 27.9 Å². The van der Waals surface area contributed by atoms with Crippen molar-refractivity contribution in [2.75, 3.05) is 0 Å². The van der Waals surface area contributed by atoms with E-state index < -0.39 is 5.91 Å². The van der Waals surface area contributed by atoms with Gasteiger partial charge in [-0.2, -0.15) is 5.10 Å². The Morgan fingerprint density at radius 2 is 1.85 bits per heavy atom. The van der Waals surface area contributed by atoms with Crippen molar-refractivity contribution < 1.29 is 9.53 Å². The molecule has 0 unspecified atom stereocenters. The van der Waals surface area contributed by atoms with Crippen molar-refractivity contribution in [3.05, 3.63) is 93.7 Å². The Morgan fingerprint density at radius 3 is 2.67 bits per heavy atom. The Morgan fingerprint density at radius 1 is 1.07 bits per heavy atom. The van der Waals surface area contributed by atoms with E-state index in [1.165, 1.54) is 12.4 Å². The number of hydrogen-bond acceptors (Lipinski definition) is 4. The molecule has 1 heterocycles. The Bertz CT molecular complexity index is 977. The first-order valence-corrected chi connectivity index (χ1v) is 8.80. The summed E-state index contributed by atoms with van der Waals surface area (Å²) in [7, 11) is 0. The second-order valence-electron chi connectivity index (χ2n) is 5.46. The van der Waals surface area contributed by atoms with E-state index in [9.17, 15) is 4.79 Å². The Balaban J connectivity index is 1.67. The van der Waals surface area contributed by atoms with Gasteiger partial charge >= 0.3 is 0 Å². The van der Waals surface area contributed by atoms with Crippen LogP contribution in [-0.4, -0.2) is 17.1 Å². The van der Waals surface area contributed by atoms with E-state index in [-0.39, 0.29) is 10.7 Å².